The molecule has 0 unspecified atom stereocenters. The van der Waals surface area contributed by atoms with Gasteiger partial charge in [0.1, 0.15) is 0 Å². The number of nitrogens with zero attached hydrogens (tertiary/aromatic N) is 2. The van der Waals surface area contributed by atoms with Crippen molar-refractivity contribution in [3.8, 4) is 5.75 Å². The summed E-state index contributed by atoms with van der Waals surface area (Å²) in [6.07, 6.45) is 2.18. The number of likely N-dealkylation sites (tertiary alicyclic amines) is 1. The first-order valence-electron chi connectivity index (χ1n) is 7.35. The van der Waals surface area contributed by atoms with Crippen molar-refractivity contribution >= 4 is 17.6 Å². The average Bonchev–Trinajstić information content (AvgIpc) is 3.03. The summed E-state index contributed by atoms with van der Waals surface area (Å²) in [6, 6.07) is 3.41. The average molecular weight is 320 g/mol. The van der Waals surface area contributed by atoms with E-state index in [2.05, 4.69) is 0 Å². The highest BCUT2D eigenvalue weighted by Gasteiger charge is 2.55. The molecule has 1 aliphatic carbocycles. The molecule has 122 valence electrons. The number of carboxylic acid groups (broad SMARTS) is 1. The van der Waals surface area contributed by atoms with Crippen molar-refractivity contribution in [2.45, 2.75) is 19.3 Å². The fraction of sp³-hybridized carbons (Fsp3) is 0.467. The van der Waals surface area contributed by atoms with Gasteiger partial charge in [0.2, 0.25) is 0 Å². The summed E-state index contributed by atoms with van der Waals surface area (Å²) in [5, 5.41) is 29.9. The van der Waals surface area contributed by atoms with Crippen LogP contribution in [-0.4, -0.2) is 45.0 Å². The van der Waals surface area contributed by atoms with Crippen molar-refractivity contribution in [1.82, 2.24) is 4.90 Å². The normalized spacial score (nSPS) is 26.1. The molecule has 1 saturated heterocycles. The number of carboxylic acids is 1. The maximum atomic E-state index is 12.5. The van der Waals surface area contributed by atoms with E-state index in [1.165, 1.54) is 11.0 Å². The fourth-order valence-electron chi connectivity index (χ4n) is 3.79. The van der Waals surface area contributed by atoms with E-state index in [0.717, 1.165) is 25.0 Å². The van der Waals surface area contributed by atoms with Crippen LogP contribution in [0.3, 0.4) is 0 Å². The Hall–Kier alpha value is -2.64. The Morgan fingerprint density at radius 3 is 2.70 bits per heavy atom. The lowest BCUT2D eigenvalue weighted by Crippen LogP contribution is -2.37. The predicted octanol–water partition coefficient (Wildman–Crippen LogP) is 1.63. The van der Waals surface area contributed by atoms with E-state index in [0.29, 0.717) is 13.0 Å². The molecule has 0 spiro atoms. The standard InChI is InChI=1S/C15H16N2O6/c18-12-6-9(3-4-11(12)17(22)23)13(19)16-7-10-2-1-5-15(10,8-16)14(20)21/h3-4,6,10,18H,1-2,5,7-8H2,(H,20,21)/t10-,15+/m0/s1. The Labute approximate surface area is 131 Å². The Morgan fingerprint density at radius 2 is 2.13 bits per heavy atom. The zero-order chi connectivity index (χ0) is 16.8. The van der Waals surface area contributed by atoms with Gasteiger partial charge in [-0.25, -0.2) is 0 Å². The number of hydrogen-bond donors (Lipinski definition) is 2. The van der Waals surface area contributed by atoms with Crippen LogP contribution in [0, 0.1) is 21.4 Å². The van der Waals surface area contributed by atoms with Crippen molar-refractivity contribution in [3.63, 3.8) is 0 Å². The Balaban J connectivity index is 1.84. The molecule has 1 saturated carbocycles. The Bertz CT molecular complexity index is 703. The predicted molar refractivity (Wildman–Crippen MR) is 78.1 cm³/mol. The molecule has 2 atom stereocenters. The number of carbonyl (C=O) groups is 2. The zero-order valence-electron chi connectivity index (χ0n) is 12.3. The van der Waals surface area contributed by atoms with Crippen molar-refractivity contribution in [2.24, 2.45) is 11.3 Å². The molecule has 1 heterocycles. The number of benzene rings is 1. The van der Waals surface area contributed by atoms with E-state index in [1.807, 2.05) is 0 Å². The van der Waals surface area contributed by atoms with Crippen LogP contribution < -0.4 is 0 Å². The SMILES string of the molecule is O=C(c1ccc([N+](=O)[O-])c(O)c1)N1C[C@@H]2CCC[C@@]2(C(=O)O)C1. The van der Waals surface area contributed by atoms with Crippen LogP contribution in [0.2, 0.25) is 0 Å². The maximum absolute atomic E-state index is 12.5. The van der Waals surface area contributed by atoms with E-state index in [-0.39, 0.29) is 18.0 Å². The summed E-state index contributed by atoms with van der Waals surface area (Å²) in [5.74, 6) is -1.92. The molecule has 2 aliphatic rings. The lowest BCUT2D eigenvalue weighted by atomic mass is 9.81. The fourth-order valence-corrected chi connectivity index (χ4v) is 3.79. The van der Waals surface area contributed by atoms with Gasteiger partial charge < -0.3 is 15.1 Å². The molecule has 0 aromatic heterocycles. The van der Waals surface area contributed by atoms with Crippen molar-refractivity contribution in [1.29, 1.82) is 0 Å². The number of fused-ring (bicyclic) bond motifs is 1. The number of aliphatic carboxylic acids is 1. The highest BCUT2D eigenvalue weighted by molar-refractivity contribution is 5.96. The number of amides is 1. The number of phenols is 1. The third kappa shape index (κ3) is 2.30. The Morgan fingerprint density at radius 1 is 1.39 bits per heavy atom. The third-order valence-electron chi connectivity index (χ3n) is 5.00. The van der Waals surface area contributed by atoms with Crippen molar-refractivity contribution in [3.05, 3.63) is 33.9 Å². The number of nitro benzene ring substituents is 1. The van der Waals surface area contributed by atoms with E-state index < -0.39 is 33.7 Å². The first kappa shape index (κ1) is 15.3. The second-order valence-electron chi connectivity index (χ2n) is 6.20. The summed E-state index contributed by atoms with van der Waals surface area (Å²) in [4.78, 5) is 35.6. The lowest BCUT2D eigenvalue weighted by Gasteiger charge is -2.23. The second-order valence-corrected chi connectivity index (χ2v) is 6.20. The van der Waals surface area contributed by atoms with E-state index in [4.69, 9.17) is 0 Å². The Kier molecular flexibility index (Phi) is 3.46. The molecule has 0 bridgehead atoms. The van der Waals surface area contributed by atoms with E-state index in [9.17, 15) is 29.9 Å². The molecule has 2 N–H and O–H groups in total. The molecule has 3 rings (SSSR count). The molecule has 1 amide bonds. The molecule has 2 fully saturated rings. The molecule has 8 nitrogen and oxygen atoms in total. The van der Waals surface area contributed by atoms with Crippen LogP contribution in [0.4, 0.5) is 5.69 Å². The summed E-state index contributed by atoms with van der Waals surface area (Å²) in [5.41, 5.74) is -1.23. The first-order chi connectivity index (χ1) is 10.8. The molecular formula is C15H16N2O6. The number of rotatable bonds is 3. The monoisotopic (exact) mass is 320 g/mol. The second kappa shape index (κ2) is 5.22. The topological polar surface area (TPSA) is 121 Å². The third-order valence-corrected chi connectivity index (χ3v) is 5.00. The number of carbonyl (C=O) groups excluding carboxylic acids is 1. The molecule has 8 heteroatoms. The maximum Gasteiger partial charge on any atom is 0.311 e. The van der Waals surface area contributed by atoms with Gasteiger partial charge in [0.15, 0.2) is 5.75 Å². The minimum absolute atomic E-state index is 0.0596. The summed E-state index contributed by atoms with van der Waals surface area (Å²) in [6.45, 7) is 0.506. The van der Waals surface area contributed by atoms with Gasteiger partial charge in [0, 0.05) is 24.7 Å². The van der Waals surface area contributed by atoms with Crippen LogP contribution in [0.1, 0.15) is 29.6 Å². The van der Waals surface area contributed by atoms with Gasteiger partial charge in [0.05, 0.1) is 10.3 Å². The highest BCUT2D eigenvalue weighted by Crippen LogP contribution is 2.49. The van der Waals surface area contributed by atoms with E-state index in [1.54, 1.807) is 0 Å². The highest BCUT2D eigenvalue weighted by atomic mass is 16.6. The summed E-state index contributed by atoms with van der Waals surface area (Å²) < 4.78 is 0. The van der Waals surface area contributed by atoms with Gasteiger partial charge in [-0.05, 0) is 30.9 Å². The first-order valence-corrected chi connectivity index (χ1v) is 7.35. The van der Waals surface area contributed by atoms with Crippen LogP contribution >= 0.6 is 0 Å². The molecule has 1 aromatic carbocycles. The molecule has 23 heavy (non-hydrogen) atoms. The molecule has 1 aliphatic heterocycles. The number of hydrogen-bond acceptors (Lipinski definition) is 5. The van der Waals surface area contributed by atoms with E-state index >= 15 is 0 Å². The van der Waals surface area contributed by atoms with Crippen molar-refractivity contribution in [2.75, 3.05) is 13.1 Å². The quantitative estimate of drug-likeness (QED) is 0.645. The summed E-state index contributed by atoms with van der Waals surface area (Å²) in [7, 11) is 0. The molecule has 1 aromatic rings. The number of phenolic OH excluding ortho intramolecular Hbond substituents is 1. The van der Waals surface area contributed by atoms with Gasteiger partial charge in [-0.2, -0.15) is 0 Å². The minimum atomic E-state index is -0.877. The van der Waals surface area contributed by atoms with Gasteiger partial charge in [-0.1, -0.05) is 6.42 Å². The van der Waals surface area contributed by atoms with Gasteiger partial charge in [-0.3, -0.25) is 19.7 Å². The van der Waals surface area contributed by atoms with Gasteiger partial charge in [-0.15, -0.1) is 0 Å². The largest absolute Gasteiger partial charge is 0.502 e. The van der Waals surface area contributed by atoms with Crippen molar-refractivity contribution < 1.29 is 24.7 Å². The van der Waals surface area contributed by atoms with Crippen LogP contribution in [-0.2, 0) is 4.79 Å². The summed E-state index contributed by atoms with van der Waals surface area (Å²) >= 11 is 0. The number of nitro groups is 1. The van der Waals surface area contributed by atoms with Crippen LogP contribution in [0.5, 0.6) is 5.75 Å². The van der Waals surface area contributed by atoms with Gasteiger partial charge >= 0.3 is 11.7 Å². The minimum Gasteiger partial charge on any atom is -0.502 e. The van der Waals surface area contributed by atoms with Gasteiger partial charge in [0.25, 0.3) is 5.91 Å². The molecule has 0 radical (unpaired) electrons. The smallest absolute Gasteiger partial charge is 0.311 e. The lowest BCUT2D eigenvalue weighted by molar-refractivity contribution is -0.385. The number of aromatic hydroxyl groups is 1. The van der Waals surface area contributed by atoms with Crippen LogP contribution in [0.25, 0.3) is 0 Å². The molecular weight excluding hydrogens is 304 g/mol. The zero-order valence-corrected chi connectivity index (χ0v) is 12.3. The van der Waals surface area contributed by atoms with Crippen LogP contribution in [0.15, 0.2) is 18.2 Å².